The molecule has 0 radical (unpaired) electrons. The van der Waals surface area contributed by atoms with Gasteiger partial charge in [0, 0.05) is 12.8 Å². The molecule has 0 spiro atoms. The monoisotopic (exact) mass is 211 g/mol. The Bertz CT molecular complexity index is 500. The molecule has 2 fully saturated rings. The molecule has 16 heavy (non-hydrogen) atoms. The predicted molar refractivity (Wildman–Crippen MR) is 59.8 cm³/mol. The lowest BCUT2D eigenvalue weighted by Crippen LogP contribution is -2.19. The van der Waals surface area contributed by atoms with E-state index in [1.807, 2.05) is 18.2 Å². The van der Waals surface area contributed by atoms with E-state index in [2.05, 4.69) is 12.1 Å². The molecular formula is C14H13NO. The number of carbonyl (C=O) groups is 1. The number of hydrogen-bond donors (Lipinski definition) is 0. The van der Waals surface area contributed by atoms with Gasteiger partial charge in [0.1, 0.15) is 5.78 Å². The summed E-state index contributed by atoms with van der Waals surface area (Å²) >= 11 is 0. The van der Waals surface area contributed by atoms with Gasteiger partial charge < -0.3 is 0 Å². The number of rotatable bonds is 1. The molecule has 2 aliphatic carbocycles. The van der Waals surface area contributed by atoms with Crippen molar-refractivity contribution < 1.29 is 4.79 Å². The van der Waals surface area contributed by atoms with Crippen LogP contribution in [0.3, 0.4) is 0 Å². The fourth-order valence-corrected chi connectivity index (χ4v) is 3.09. The van der Waals surface area contributed by atoms with E-state index < -0.39 is 0 Å². The van der Waals surface area contributed by atoms with Crippen molar-refractivity contribution in [3.63, 3.8) is 0 Å². The molecule has 2 nitrogen and oxygen atoms in total. The number of ketones is 1. The summed E-state index contributed by atoms with van der Waals surface area (Å²) in [5.74, 6) is 0.956. The first-order chi connectivity index (χ1) is 7.74. The van der Waals surface area contributed by atoms with Crippen LogP contribution in [0.25, 0.3) is 0 Å². The Morgan fingerprint density at radius 1 is 1.44 bits per heavy atom. The van der Waals surface area contributed by atoms with Crippen LogP contribution in [-0.2, 0) is 10.2 Å². The van der Waals surface area contributed by atoms with E-state index >= 15 is 0 Å². The lowest BCUT2D eigenvalue weighted by molar-refractivity contribution is -0.120. The molecule has 2 aliphatic rings. The molecule has 0 amide bonds. The van der Waals surface area contributed by atoms with E-state index in [-0.39, 0.29) is 5.41 Å². The molecule has 0 unspecified atom stereocenters. The fraction of sp³-hybridized carbons (Fsp3) is 0.429. The van der Waals surface area contributed by atoms with Crippen molar-refractivity contribution in [2.24, 2.45) is 5.92 Å². The van der Waals surface area contributed by atoms with Crippen molar-refractivity contribution in [1.82, 2.24) is 0 Å². The Balaban J connectivity index is 1.94. The van der Waals surface area contributed by atoms with E-state index in [0.29, 0.717) is 18.1 Å². The largest absolute Gasteiger partial charge is 0.300 e. The zero-order valence-electron chi connectivity index (χ0n) is 9.07. The van der Waals surface area contributed by atoms with Crippen LogP contribution in [0.2, 0.25) is 0 Å². The highest BCUT2D eigenvalue weighted by molar-refractivity contribution is 5.81. The topological polar surface area (TPSA) is 40.9 Å². The van der Waals surface area contributed by atoms with E-state index in [9.17, 15) is 4.79 Å². The van der Waals surface area contributed by atoms with Crippen LogP contribution in [0.5, 0.6) is 0 Å². The molecule has 1 aromatic carbocycles. The average Bonchev–Trinajstić information content (AvgIpc) is 3.04. The van der Waals surface area contributed by atoms with Crippen LogP contribution in [0.4, 0.5) is 0 Å². The minimum absolute atomic E-state index is 0.237. The highest BCUT2D eigenvalue weighted by Crippen LogP contribution is 2.61. The maximum absolute atomic E-state index is 11.3. The normalized spacial score (nSPS) is 31.7. The second-order valence-electron chi connectivity index (χ2n) is 4.99. The first kappa shape index (κ1) is 9.59. The quantitative estimate of drug-likeness (QED) is 0.716. The Morgan fingerprint density at radius 3 is 3.06 bits per heavy atom. The molecule has 0 aliphatic heterocycles. The zero-order chi connectivity index (χ0) is 11.2. The molecule has 2 heteroatoms. The van der Waals surface area contributed by atoms with E-state index in [1.165, 1.54) is 5.56 Å². The number of nitrogens with zero attached hydrogens (tertiary/aromatic N) is 1. The van der Waals surface area contributed by atoms with Gasteiger partial charge in [0.2, 0.25) is 0 Å². The minimum atomic E-state index is 0.237. The Morgan fingerprint density at radius 2 is 2.31 bits per heavy atom. The van der Waals surface area contributed by atoms with Crippen molar-refractivity contribution in [2.75, 3.05) is 0 Å². The highest BCUT2D eigenvalue weighted by atomic mass is 16.1. The van der Waals surface area contributed by atoms with Gasteiger partial charge in [0.05, 0.1) is 11.6 Å². The van der Waals surface area contributed by atoms with E-state index in [4.69, 9.17) is 5.26 Å². The summed E-state index contributed by atoms with van der Waals surface area (Å²) in [6.45, 7) is 0. The van der Waals surface area contributed by atoms with Gasteiger partial charge in [-0.3, -0.25) is 4.79 Å². The van der Waals surface area contributed by atoms with Gasteiger partial charge in [-0.25, -0.2) is 0 Å². The maximum atomic E-state index is 11.3. The first-order valence-electron chi connectivity index (χ1n) is 5.77. The average molecular weight is 211 g/mol. The fourth-order valence-electron chi connectivity index (χ4n) is 3.09. The van der Waals surface area contributed by atoms with Crippen molar-refractivity contribution in [3.05, 3.63) is 35.4 Å². The van der Waals surface area contributed by atoms with Gasteiger partial charge in [-0.2, -0.15) is 5.26 Å². The molecule has 0 saturated heterocycles. The molecule has 80 valence electrons. The number of fused-ring (bicyclic) bond motifs is 1. The van der Waals surface area contributed by atoms with Gasteiger partial charge in [0.25, 0.3) is 0 Å². The zero-order valence-corrected chi connectivity index (χ0v) is 9.07. The molecule has 3 rings (SSSR count). The summed E-state index contributed by atoms with van der Waals surface area (Å²) in [4.78, 5) is 11.3. The number of Topliss-reactive ketones (excluding diaryl/α,β-unsaturated/α-hetero) is 1. The highest BCUT2D eigenvalue weighted by Gasteiger charge is 2.57. The second kappa shape index (κ2) is 3.18. The minimum Gasteiger partial charge on any atom is -0.300 e. The van der Waals surface area contributed by atoms with Crippen molar-refractivity contribution in [3.8, 4) is 6.07 Å². The molecule has 0 N–H and O–H groups in total. The Hall–Kier alpha value is -1.62. The van der Waals surface area contributed by atoms with Gasteiger partial charge in [-0.1, -0.05) is 12.1 Å². The summed E-state index contributed by atoms with van der Waals surface area (Å²) in [5.41, 5.74) is 2.24. The molecule has 0 heterocycles. The van der Waals surface area contributed by atoms with Crippen LogP contribution in [0.1, 0.15) is 36.8 Å². The standard InChI is InChI=1S/C14H13NO/c15-9-10-2-1-3-11(6-10)14-5-4-13(16)7-12(14)8-14/h1-3,6,12H,4-5,7-8H2/t12-,14-/m0/s1. The third kappa shape index (κ3) is 1.28. The summed E-state index contributed by atoms with van der Waals surface area (Å²) in [6, 6.07) is 10.1. The predicted octanol–water partition coefficient (Wildman–Crippen LogP) is 2.57. The van der Waals surface area contributed by atoms with Gasteiger partial charge >= 0.3 is 0 Å². The van der Waals surface area contributed by atoms with E-state index in [1.54, 1.807) is 0 Å². The van der Waals surface area contributed by atoms with Crippen molar-refractivity contribution in [1.29, 1.82) is 5.26 Å². The molecule has 2 atom stereocenters. The van der Waals surface area contributed by atoms with Crippen molar-refractivity contribution >= 4 is 5.78 Å². The summed E-state index contributed by atoms with van der Waals surface area (Å²) in [5, 5.41) is 8.90. The SMILES string of the molecule is N#Cc1cccc([C@@]23CCC(=O)C[C@H]2C3)c1. The first-order valence-corrected chi connectivity index (χ1v) is 5.77. The summed E-state index contributed by atoms with van der Waals surface area (Å²) in [7, 11) is 0. The lowest BCUT2D eigenvalue weighted by atomic mass is 9.82. The molecule has 0 aromatic heterocycles. The molecule has 1 aromatic rings. The number of hydrogen-bond acceptors (Lipinski definition) is 2. The van der Waals surface area contributed by atoms with Crippen LogP contribution >= 0.6 is 0 Å². The van der Waals surface area contributed by atoms with Crippen LogP contribution in [0, 0.1) is 17.2 Å². The van der Waals surface area contributed by atoms with Gasteiger partial charge in [-0.05, 0) is 41.9 Å². The van der Waals surface area contributed by atoms with Gasteiger partial charge in [-0.15, -0.1) is 0 Å². The number of nitriles is 1. The molecule has 0 bridgehead atoms. The van der Waals surface area contributed by atoms with E-state index in [0.717, 1.165) is 24.8 Å². The van der Waals surface area contributed by atoms with Gasteiger partial charge in [0.15, 0.2) is 0 Å². The number of carbonyl (C=O) groups excluding carboxylic acids is 1. The maximum Gasteiger partial charge on any atom is 0.133 e. The molecule has 2 saturated carbocycles. The summed E-state index contributed by atoms with van der Waals surface area (Å²) in [6.07, 6.45) is 3.57. The van der Waals surface area contributed by atoms with Crippen molar-refractivity contribution in [2.45, 2.75) is 31.1 Å². The summed E-state index contributed by atoms with van der Waals surface area (Å²) < 4.78 is 0. The third-order valence-electron chi connectivity index (χ3n) is 4.12. The lowest BCUT2D eigenvalue weighted by Gasteiger charge is -2.21. The second-order valence-corrected chi connectivity index (χ2v) is 4.99. The van der Waals surface area contributed by atoms with Crippen LogP contribution in [0.15, 0.2) is 24.3 Å². The Labute approximate surface area is 94.9 Å². The van der Waals surface area contributed by atoms with Crippen LogP contribution < -0.4 is 0 Å². The smallest absolute Gasteiger partial charge is 0.133 e. The molecular weight excluding hydrogens is 198 g/mol. The Kier molecular flexibility index (Phi) is 1.91. The third-order valence-corrected chi connectivity index (χ3v) is 4.12. The van der Waals surface area contributed by atoms with Crippen LogP contribution in [-0.4, -0.2) is 5.78 Å². The number of benzene rings is 1.